The molecule has 1 aliphatic carbocycles. The topological polar surface area (TPSA) is 153 Å². The number of H-pyrrole nitrogens is 1. The Morgan fingerprint density at radius 1 is 0.886 bits per heavy atom. The molecule has 2 N–H and O–H groups in total. The minimum atomic E-state index is -0.738. The number of aliphatic carboxylic acids is 1. The van der Waals surface area contributed by atoms with Crippen LogP contribution >= 0.6 is 0 Å². The lowest BCUT2D eigenvalue weighted by Gasteiger charge is -2.27. The number of hydrogen-bond donors (Lipinski definition) is 2. The Morgan fingerprint density at radius 3 is 2.26 bits per heavy atom. The maximum atomic E-state index is 10.9. The zero-order valence-electron chi connectivity index (χ0n) is 19.1. The third-order valence-corrected chi connectivity index (χ3v) is 6.00. The summed E-state index contributed by atoms with van der Waals surface area (Å²) in [6.45, 7) is 1.87. The summed E-state index contributed by atoms with van der Waals surface area (Å²) >= 11 is 0. The third kappa shape index (κ3) is 5.45. The van der Waals surface area contributed by atoms with Crippen molar-refractivity contribution in [2.45, 2.75) is 45.1 Å². The fraction of sp³-hybridized carbons (Fsp3) is 0.333. The lowest BCUT2D eigenvalue weighted by atomic mass is 9.85. The fourth-order valence-corrected chi connectivity index (χ4v) is 4.09. The quantitative estimate of drug-likeness (QED) is 0.408. The molecule has 35 heavy (non-hydrogen) atoms. The van der Waals surface area contributed by atoms with Crippen molar-refractivity contribution < 1.29 is 14.6 Å². The van der Waals surface area contributed by atoms with Crippen molar-refractivity contribution in [1.82, 2.24) is 40.1 Å². The Kier molecular flexibility index (Phi) is 6.38. The molecular formula is C24H24N8O3. The number of aromatic nitrogens is 8. The number of carbonyl (C=O) groups is 1. The molecule has 0 radical (unpaired) electrons. The molecule has 0 atom stereocenters. The van der Waals surface area contributed by atoms with E-state index in [1.807, 2.05) is 19.1 Å². The second kappa shape index (κ2) is 9.92. The van der Waals surface area contributed by atoms with Crippen LogP contribution in [0, 0.1) is 12.8 Å². The highest BCUT2D eigenvalue weighted by molar-refractivity contribution is 5.67. The first-order valence-corrected chi connectivity index (χ1v) is 11.4. The van der Waals surface area contributed by atoms with Gasteiger partial charge in [-0.05, 0) is 50.7 Å². The summed E-state index contributed by atoms with van der Waals surface area (Å²) in [5.74, 6) is 0.609. The molecule has 4 aromatic rings. The summed E-state index contributed by atoms with van der Waals surface area (Å²) in [5.41, 5.74) is 3.72. The van der Waals surface area contributed by atoms with Crippen molar-refractivity contribution in [2.75, 3.05) is 0 Å². The Morgan fingerprint density at radius 2 is 1.60 bits per heavy atom. The third-order valence-electron chi connectivity index (χ3n) is 6.00. The molecule has 0 aliphatic heterocycles. The zero-order valence-corrected chi connectivity index (χ0v) is 19.1. The normalized spacial score (nSPS) is 17.7. The number of rotatable bonds is 7. The van der Waals surface area contributed by atoms with Crippen LogP contribution in [0.25, 0.3) is 34.2 Å². The summed E-state index contributed by atoms with van der Waals surface area (Å²) in [5, 5.41) is 17.3. The van der Waals surface area contributed by atoms with Crippen molar-refractivity contribution in [2.24, 2.45) is 5.92 Å². The van der Waals surface area contributed by atoms with Crippen molar-refractivity contribution >= 4 is 5.97 Å². The molecule has 11 nitrogen and oxygen atoms in total. The van der Waals surface area contributed by atoms with E-state index in [9.17, 15) is 4.79 Å². The van der Waals surface area contributed by atoms with E-state index >= 15 is 0 Å². The first-order valence-electron chi connectivity index (χ1n) is 11.4. The molecule has 5 rings (SSSR count). The van der Waals surface area contributed by atoms with Gasteiger partial charge in [0.1, 0.15) is 11.8 Å². The van der Waals surface area contributed by atoms with Crippen LogP contribution in [0.3, 0.4) is 0 Å². The molecular weight excluding hydrogens is 448 g/mol. The van der Waals surface area contributed by atoms with Gasteiger partial charge >= 0.3 is 12.0 Å². The summed E-state index contributed by atoms with van der Waals surface area (Å²) in [7, 11) is 0. The average molecular weight is 473 g/mol. The van der Waals surface area contributed by atoms with Crippen molar-refractivity contribution in [3.63, 3.8) is 0 Å². The van der Waals surface area contributed by atoms with Gasteiger partial charge in [-0.1, -0.05) is 0 Å². The highest BCUT2D eigenvalue weighted by Gasteiger charge is 2.24. The first-order chi connectivity index (χ1) is 17.0. The number of carboxylic acids is 1. The van der Waals surface area contributed by atoms with Gasteiger partial charge in [0.25, 0.3) is 0 Å². The highest BCUT2D eigenvalue weighted by Crippen LogP contribution is 2.29. The van der Waals surface area contributed by atoms with Crippen LogP contribution in [-0.4, -0.2) is 57.3 Å². The number of nitrogens with one attached hydrogen (secondary N) is 1. The van der Waals surface area contributed by atoms with Gasteiger partial charge < -0.3 is 14.8 Å². The minimum Gasteiger partial charge on any atom is -0.481 e. The van der Waals surface area contributed by atoms with Crippen LogP contribution in [0.5, 0.6) is 6.01 Å². The number of aromatic amines is 1. The Labute approximate surface area is 201 Å². The summed E-state index contributed by atoms with van der Waals surface area (Å²) < 4.78 is 5.90. The van der Waals surface area contributed by atoms with Crippen molar-refractivity contribution in [3.8, 4) is 40.2 Å². The Balaban J connectivity index is 1.20. The number of aryl methyl sites for hydroxylation is 1. The molecule has 0 aromatic carbocycles. The molecule has 11 heteroatoms. The van der Waals surface area contributed by atoms with E-state index in [0.29, 0.717) is 23.4 Å². The average Bonchev–Trinajstić information content (AvgIpc) is 3.36. The zero-order chi connectivity index (χ0) is 24.2. The molecule has 0 unspecified atom stereocenters. The molecule has 178 valence electrons. The number of pyridine rings is 1. The Bertz CT molecular complexity index is 1280. The molecule has 4 heterocycles. The molecule has 1 saturated carbocycles. The second-order valence-corrected chi connectivity index (χ2v) is 8.61. The maximum absolute atomic E-state index is 10.9. The van der Waals surface area contributed by atoms with Gasteiger partial charge in [-0.15, -0.1) is 10.2 Å². The van der Waals surface area contributed by atoms with E-state index in [2.05, 4.69) is 40.1 Å². The predicted octanol–water partition coefficient (Wildman–Crippen LogP) is 3.50. The van der Waals surface area contributed by atoms with E-state index < -0.39 is 5.97 Å². The number of carboxylic acid groups (broad SMARTS) is 1. The second-order valence-electron chi connectivity index (χ2n) is 8.61. The standard InChI is InChI=1S/C24H24N8O3/c1-14-9-26-20(13-25-14)23-30-22(31-32-23)16-4-7-19(27-10-16)17-11-28-24(29-12-17)35-18-5-2-15(3-6-18)8-21(33)34/h4,7,9-13,15,18H,2-3,5-6,8H2,1H3,(H,33,34)(H,30,31,32)/t15-,18-. The highest BCUT2D eigenvalue weighted by atomic mass is 16.5. The monoisotopic (exact) mass is 472 g/mol. The van der Waals surface area contributed by atoms with Gasteiger partial charge in [-0.25, -0.2) is 15.0 Å². The molecule has 0 bridgehead atoms. The van der Waals surface area contributed by atoms with Crippen LogP contribution < -0.4 is 4.74 Å². The maximum Gasteiger partial charge on any atom is 0.316 e. The van der Waals surface area contributed by atoms with Crippen molar-refractivity contribution in [3.05, 3.63) is 48.8 Å². The molecule has 0 saturated heterocycles. The van der Waals surface area contributed by atoms with E-state index in [0.717, 1.165) is 48.2 Å². The number of nitrogens with zero attached hydrogens (tertiary/aromatic N) is 7. The van der Waals surface area contributed by atoms with Gasteiger partial charge in [0.2, 0.25) is 0 Å². The lowest BCUT2D eigenvalue weighted by molar-refractivity contribution is -0.138. The van der Waals surface area contributed by atoms with E-state index in [1.54, 1.807) is 31.0 Å². The molecule has 4 aromatic heterocycles. The minimum absolute atomic E-state index is 0.0148. The van der Waals surface area contributed by atoms with E-state index in [1.165, 1.54) is 0 Å². The van der Waals surface area contributed by atoms with Gasteiger partial charge in [-0.3, -0.25) is 14.8 Å². The summed E-state index contributed by atoms with van der Waals surface area (Å²) in [6.07, 6.45) is 12.0. The van der Waals surface area contributed by atoms with Gasteiger partial charge in [0.15, 0.2) is 11.6 Å². The number of ether oxygens (including phenoxy) is 1. The van der Waals surface area contributed by atoms with Gasteiger partial charge in [0.05, 0.1) is 17.6 Å². The van der Waals surface area contributed by atoms with E-state index in [4.69, 9.17) is 9.84 Å². The fourth-order valence-electron chi connectivity index (χ4n) is 4.09. The first kappa shape index (κ1) is 22.5. The van der Waals surface area contributed by atoms with Crippen LogP contribution in [0.1, 0.15) is 37.8 Å². The molecule has 1 fully saturated rings. The number of hydrogen-bond acceptors (Lipinski definition) is 9. The smallest absolute Gasteiger partial charge is 0.316 e. The summed E-state index contributed by atoms with van der Waals surface area (Å²) in [6, 6.07) is 4.08. The molecule has 0 spiro atoms. The molecule has 1 aliphatic rings. The van der Waals surface area contributed by atoms with Crippen molar-refractivity contribution in [1.29, 1.82) is 0 Å². The van der Waals surface area contributed by atoms with Crippen LogP contribution in [0.15, 0.2) is 43.1 Å². The SMILES string of the molecule is Cc1cnc(-c2nnc(-c3ccc(-c4cnc(O[C@H]5CC[C@H](CC(=O)O)CC5)nc4)nc3)[nH]2)cn1. The van der Waals surface area contributed by atoms with E-state index in [-0.39, 0.29) is 18.4 Å². The lowest BCUT2D eigenvalue weighted by Crippen LogP contribution is -2.25. The van der Waals surface area contributed by atoms with Gasteiger partial charge in [0, 0.05) is 42.3 Å². The predicted molar refractivity (Wildman–Crippen MR) is 125 cm³/mol. The van der Waals surface area contributed by atoms with Gasteiger partial charge in [-0.2, -0.15) is 0 Å². The Hall–Kier alpha value is -4.28. The van der Waals surface area contributed by atoms with Crippen LogP contribution in [-0.2, 0) is 4.79 Å². The van der Waals surface area contributed by atoms with Crippen LogP contribution in [0.2, 0.25) is 0 Å². The largest absolute Gasteiger partial charge is 0.481 e. The summed E-state index contributed by atoms with van der Waals surface area (Å²) in [4.78, 5) is 35.7. The molecule has 0 amide bonds. The van der Waals surface area contributed by atoms with Crippen LogP contribution in [0.4, 0.5) is 0 Å².